The molecule has 8 rings (SSSR count). The SMILES string of the molecule is COCN(Cc1ccccc1)Cc1ccccc1.COCN(Cc1ccccc1)[C@@H](C)c1ccccc1.C[Si](C)(C)OC(c1ccccc1)(c1ccccc1)[C@@H]1CCCN1.O=C(O)[C@@H]1CCCN1. The molecule has 2 saturated heterocycles. The Bertz CT molecular complexity index is 2140. The summed E-state index contributed by atoms with van der Waals surface area (Å²) >= 11 is 0. The van der Waals surface area contributed by atoms with Crippen molar-refractivity contribution in [2.75, 3.05) is 40.8 Å². The predicted molar refractivity (Wildman–Crippen MR) is 281 cm³/mol. The average Bonchev–Trinajstić information content (AvgIpc) is 4.13. The summed E-state index contributed by atoms with van der Waals surface area (Å²) in [5, 5.41) is 14.9. The molecule has 68 heavy (non-hydrogen) atoms. The minimum absolute atomic E-state index is 0.269. The Morgan fingerprint density at radius 3 is 1.38 bits per heavy atom. The van der Waals surface area contributed by atoms with Crippen molar-refractivity contribution in [3.63, 3.8) is 0 Å². The molecular formula is C58H76N4O5Si. The summed E-state index contributed by atoms with van der Waals surface area (Å²) in [5.74, 6) is -0.720. The zero-order chi connectivity index (χ0) is 48.5. The van der Waals surface area contributed by atoms with Gasteiger partial charge in [0.25, 0.3) is 0 Å². The maximum Gasteiger partial charge on any atom is 0.320 e. The highest BCUT2D eigenvalue weighted by Crippen LogP contribution is 2.42. The maximum absolute atomic E-state index is 10.1. The fourth-order valence-electron chi connectivity index (χ4n) is 8.77. The summed E-state index contributed by atoms with van der Waals surface area (Å²) in [6.45, 7) is 15.0. The third kappa shape index (κ3) is 17.7. The molecular weight excluding hydrogens is 861 g/mol. The lowest BCUT2D eigenvalue weighted by molar-refractivity contribution is -0.139. The van der Waals surface area contributed by atoms with Gasteiger partial charge in [0, 0.05) is 45.9 Å². The van der Waals surface area contributed by atoms with Crippen LogP contribution in [0.1, 0.15) is 72.0 Å². The molecule has 0 unspecified atom stereocenters. The van der Waals surface area contributed by atoms with Crippen molar-refractivity contribution in [2.45, 2.75) is 95.6 Å². The van der Waals surface area contributed by atoms with Gasteiger partial charge in [0.2, 0.25) is 0 Å². The van der Waals surface area contributed by atoms with E-state index in [9.17, 15) is 4.79 Å². The van der Waals surface area contributed by atoms with E-state index >= 15 is 0 Å². The second kappa shape index (κ2) is 28.9. The van der Waals surface area contributed by atoms with Gasteiger partial charge in [0.05, 0.1) is 13.5 Å². The number of carboxylic acids is 1. The van der Waals surface area contributed by atoms with Gasteiger partial charge in [-0.15, -0.1) is 0 Å². The molecule has 0 radical (unpaired) electrons. The van der Waals surface area contributed by atoms with E-state index in [4.69, 9.17) is 19.0 Å². The molecule has 0 aromatic heterocycles. The summed E-state index contributed by atoms with van der Waals surface area (Å²) in [5.41, 5.74) is 7.36. The number of rotatable bonds is 18. The minimum atomic E-state index is -1.77. The smallest absolute Gasteiger partial charge is 0.320 e. The lowest BCUT2D eigenvalue weighted by Gasteiger charge is -2.44. The van der Waals surface area contributed by atoms with E-state index in [1.54, 1.807) is 14.2 Å². The van der Waals surface area contributed by atoms with Gasteiger partial charge < -0.3 is 29.6 Å². The van der Waals surface area contributed by atoms with Crippen LogP contribution in [0.2, 0.25) is 19.6 Å². The number of carboxylic acid groups (broad SMARTS) is 1. The van der Waals surface area contributed by atoms with Gasteiger partial charge in [-0.1, -0.05) is 182 Å². The summed E-state index contributed by atoms with van der Waals surface area (Å²) in [7, 11) is 1.72. The fraction of sp³-hybridized carbons (Fsp3) is 0.362. The monoisotopic (exact) mass is 937 g/mol. The van der Waals surface area contributed by atoms with Gasteiger partial charge >= 0.3 is 5.97 Å². The van der Waals surface area contributed by atoms with Crippen LogP contribution in [-0.4, -0.2) is 82.0 Å². The molecule has 0 amide bonds. The molecule has 6 aromatic rings. The highest BCUT2D eigenvalue weighted by molar-refractivity contribution is 6.69. The molecule has 6 aromatic carbocycles. The first-order chi connectivity index (χ1) is 33.0. The number of methoxy groups -OCH3 is 2. The number of benzene rings is 6. The summed E-state index contributed by atoms with van der Waals surface area (Å²) < 4.78 is 17.6. The first-order valence-corrected chi connectivity index (χ1v) is 27.5. The van der Waals surface area contributed by atoms with Gasteiger partial charge in [-0.2, -0.15) is 0 Å². The summed E-state index contributed by atoms with van der Waals surface area (Å²) in [4.78, 5) is 14.7. The van der Waals surface area contributed by atoms with Gasteiger partial charge in [-0.25, -0.2) is 0 Å². The van der Waals surface area contributed by atoms with Crippen LogP contribution in [0.3, 0.4) is 0 Å². The highest BCUT2D eigenvalue weighted by atomic mass is 28.4. The molecule has 2 aliphatic heterocycles. The molecule has 9 nitrogen and oxygen atoms in total. The second-order valence-electron chi connectivity index (χ2n) is 18.4. The minimum Gasteiger partial charge on any atom is -0.480 e. The molecule has 2 fully saturated rings. The molecule has 362 valence electrons. The van der Waals surface area contributed by atoms with Crippen LogP contribution in [0.25, 0.3) is 0 Å². The van der Waals surface area contributed by atoms with Gasteiger partial charge in [-0.3, -0.25) is 14.6 Å². The number of carbonyl (C=O) groups is 1. The topological polar surface area (TPSA) is 95.5 Å². The van der Waals surface area contributed by atoms with Crippen molar-refractivity contribution in [2.24, 2.45) is 0 Å². The number of hydrogen-bond acceptors (Lipinski definition) is 8. The Morgan fingerprint density at radius 2 is 1.01 bits per heavy atom. The van der Waals surface area contributed by atoms with Crippen LogP contribution in [0, 0.1) is 0 Å². The Hall–Kier alpha value is -5.27. The first-order valence-electron chi connectivity index (χ1n) is 24.1. The second-order valence-corrected chi connectivity index (χ2v) is 22.9. The Balaban J connectivity index is 0.000000177. The van der Waals surface area contributed by atoms with E-state index in [-0.39, 0.29) is 6.04 Å². The molecule has 0 bridgehead atoms. The van der Waals surface area contributed by atoms with Crippen molar-refractivity contribution in [3.05, 3.63) is 215 Å². The number of nitrogens with one attached hydrogen (secondary N) is 2. The van der Waals surface area contributed by atoms with E-state index in [0.717, 1.165) is 52.0 Å². The molecule has 2 aliphatic rings. The van der Waals surface area contributed by atoms with Crippen molar-refractivity contribution in [3.8, 4) is 0 Å². The Morgan fingerprint density at radius 1 is 0.603 bits per heavy atom. The molecule has 3 N–H and O–H groups in total. The summed E-state index contributed by atoms with van der Waals surface area (Å²) in [6, 6.07) is 63.9. The van der Waals surface area contributed by atoms with Crippen LogP contribution < -0.4 is 10.6 Å². The lowest BCUT2D eigenvalue weighted by Crippen LogP contribution is -2.53. The Kier molecular flexibility index (Phi) is 22.8. The van der Waals surface area contributed by atoms with Gasteiger partial charge in [0.15, 0.2) is 8.32 Å². The zero-order valence-corrected chi connectivity index (χ0v) is 42.3. The van der Waals surface area contributed by atoms with Gasteiger partial charge in [0.1, 0.15) is 11.6 Å². The number of ether oxygens (including phenoxy) is 2. The lowest BCUT2D eigenvalue weighted by atomic mass is 9.79. The normalized spacial score (nSPS) is 16.1. The van der Waals surface area contributed by atoms with Crippen molar-refractivity contribution < 1.29 is 23.8 Å². The van der Waals surface area contributed by atoms with Gasteiger partial charge in [-0.05, 0) is 98.7 Å². The van der Waals surface area contributed by atoms with Crippen molar-refractivity contribution in [1.82, 2.24) is 20.4 Å². The molecule has 2 heterocycles. The van der Waals surface area contributed by atoms with Crippen LogP contribution in [0.15, 0.2) is 182 Å². The van der Waals surface area contributed by atoms with Crippen molar-refractivity contribution >= 4 is 14.3 Å². The van der Waals surface area contributed by atoms with Crippen LogP contribution in [0.4, 0.5) is 0 Å². The average molecular weight is 937 g/mol. The van der Waals surface area contributed by atoms with E-state index in [0.29, 0.717) is 25.5 Å². The van der Waals surface area contributed by atoms with E-state index < -0.39 is 19.9 Å². The molecule has 3 atom stereocenters. The van der Waals surface area contributed by atoms with Crippen LogP contribution in [-0.2, 0) is 43.9 Å². The quantitative estimate of drug-likeness (QED) is 0.0575. The predicted octanol–water partition coefficient (Wildman–Crippen LogP) is 11.5. The number of hydrogen-bond donors (Lipinski definition) is 3. The molecule has 0 aliphatic carbocycles. The van der Waals surface area contributed by atoms with E-state index in [1.165, 1.54) is 39.8 Å². The third-order valence-corrected chi connectivity index (χ3v) is 12.9. The standard InChI is InChI=1S/C20H27NOSi.C17H21NO.C16H19NO.C5H9NO2/c1-23(2,3)22-20(19-15-10-16-21-19,17-11-6-4-7-12-17)18-13-8-5-9-14-18;1-15(17-11-7-4-8-12-17)18(14-19-2)13-16-9-5-3-6-10-16;1-18-14-17(12-15-8-4-2-5-9-15)13-16-10-6-3-7-11-16;7-5(8)4-2-1-3-6-4/h4-9,11-14,19,21H,10,15-16H2,1-3H3;3-12,15H,13-14H2,1-2H3;2-11H,12-14H2,1H3;4,6H,1-3H2,(H,7,8)/t19-;15-;;4-/m00.0/s1. The zero-order valence-electron chi connectivity index (χ0n) is 41.3. The molecule has 0 saturated carbocycles. The van der Waals surface area contributed by atoms with E-state index in [2.05, 4.69) is 205 Å². The highest BCUT2D eigenvalue weighted by Gasteiger charge is 2.46. The third-order valence-electron chi connectivity index (χ3n) is 11.9. The number of aliphatic carboxylic acids is 1. The molecule has 10 heteroatoms. The molecule has 0 spiro atoms. The Labute approximate surface area is 408 Å². The number of nitrogens with zero attached hydrogens (tertiary/aromatic N) is 2. The summed E-state index contributed by atoms with van der Waals surface area (Å²) in [6.07, 6.45) is 4.14. The fourth-order valence-corrected chi connectivity index (χ4v) is 10.1. The largest absolute Gasteiger partial charge is 0.480 e. The van der Waals surface area contributed by atoms with Crippen molar-refractivity contribution in [1.29, 1.82) is 0 Å². The van der Waals surface area contributed by atoms with Crippen LogP contribution in [0.5, 0.6) is 0 Å². The first kappa shape index (κ1) is 53.7. The van der Waals surface area contributed by atoms with Crippen LogP contribution >= 0.6 is 0 Å². The maximum atomic E-state index is 10.1. The van der Waals surface area contributed by atoms with E-state index in [1.807, 2.05) is 24.3 Å².